The molecule has 2 aromatic heterocycles. The van der Waals surface area contributed by atoms with E-state index in [0.29, 0.717) is 28.3 Å². The molecule has 202 valence electrons. The second-order valence-electron chi connectivity index (χ2n) is 9.32. The van der Waals surface area contributed by atoms with E-state index in [0.717, 1.165) is 0 Å². The quantitative estimate of drug-likeness (QED) is 0.210. The second-order valence-corrected chi connectivity index (χ2v) is 9.32. The smallest absolute Gasteiger partial charge is 0.335 e. The van der Waals surface area contributed by atoms with Crippen LogP contribution in [0.15, 0.2) is 82.4 Å². The number of aromatic carboxylic acids is 2. The maximum atomic E-state index is 13.9. The molecule has 0 saturated heterocycles. The summed E-state index contributed by atoms with van der Waals surface area (Å²) in [5.74, 6) is -3.17. The van der Waals surface area contributed by atoms with Gasteiger partial charge in [0, 0.05) is 17.3 Å². The molecule has 0 unspecified atom stereocenters. The third kappa shape index (κ3) is 4.49. The van der Waals surface area contributed by atoms with E-state index >= 15 is 0 Å². The molecule has 0 saturated carbocycles. The van der Waals surface area contributed by atoms with Gasteiger partial charge in [-0.1, -0.05) is 24.3 Å². The van der Waals surface area contributed by atoms with E-state index in [1.54, 1.807) is 38.1 Å². The van der Waals surface area contributed by atoms with E-state index < -0.39 is 29.0 Å². The number of benzene rings is 3. The fourth-order valence-electron chi connectivity index (χ4n) is 4.86. The number of rotatable bonds is 7. The molecule has 5 aromatic rings. The normalized spacial score (nSPS) is 11.2. The largest absolute Gasteiger partial charge is 0.508 e. The Morgan fingerprint density at radius 2 is 1.12 bits per heavy atom. The number of aromatic amines is 2. The number of carboxylic acid groups (broad SMARTS) is 2. The van der Waals surface area contributed by atoms with Gasteiger partial charge < -0.3 is 15.3 Å². The zero-order valence-electron chi connectivity index (χ0n) is 21.4. The monoisotopic (exact) mass is 540 g/mol. The number of carbonyl (C=O) groups is 2. The SMILES string of the molecule is Cc1[nH]n(-c2cccc(C(=O)O)c2)c(=O)c1C(c1ccc(O)cc1)c1c(C)[nH]n(-c2cccc(C(=O)O)c2)c1=O. The molecular formula is C29H24N4O7. The van der Waals surface area contributed by atoms with E-state index in [9.17, 15) is 34.5 Å². The van der Waals surface area contributed by atoms with Crippen molar-refractivity contribution in [2.75, 3.05) is 0 Å². The predicted octanol–water partition coefficient (Wildman–Crippen LogP) is 3.54. The Morgan fingerprint density at radius 1 is 0.700 bits per heavy atom. The van der Waals surface area contributed by atoms with Crippen LogP contribution in [0.5, 0.6) is 5.75 Å². The van der Waals surface area contributed by atoms with Crippen molar-refractivity contribution in [1.29, 1.82) is 0 Å². The zero-order chi connectivity index (χ0) is 28.7. The lowest BCUT2D eigenvalue weighted by atomic mass is 9.85. The number of nitrogens with zero attached hydrogens (tertiary/aromatic N) is 2. The van der Waals surface area contributed by atoms with Gasteiger partial charge in [-0.25, -0.2) is 19.0 Å². The minimum Gasteiger partial charge on any atom is -0.508 e. The van der Waals surface area contributed by atoms with Crippen LogP contribution in [0.4, 0.5) is 0 Å². The number of aromatic hydroxyl groups is 1. The molecule has 0 radical (unpaired) electrons. The van der Waals surface area contributed by atoms with Crippen molar-refractivity contribution in [3.05, 3.63) is 133 Å². The first-order valence-corrected chi connectivity index (χ1v) is 12.2. The van der Waals surface area contributed by atoms with Crippen molar-refractivity contribution in [1.82, 2.24) is 19.6 Å². The van der Waals surface area contributed by atoms with Crippen LogP contribution in [0, 0.1) is 13.8 Å². The number of H-pyrrole nitrogens is 2. The minimum absolute atomic E-state index is 0.00115. The summed E-state index contributed by atoms with van der Waals surface area (Å²) >= 11 is 0. The van der Waals surface area contributed by atoms with Crippen LogP contribution in [0.25, 0.3) is 11.4 Å². The van der Waals surface area contributed by atoms with Crippen LogP contribution in [0.3, 0.4) is 0 Å². The molecule has 40 heavy (non-hydrogen) atoms. The van der Waals surface area contributed by atoms with Gasteiger partial charge in [-0.05, 0) is 67.9 Å². The highest BCUT2D eigenvalue weighted by Crippen LogP contribution is 2.33. The maximum Gasteiger partial charge on any atom is 0.335 e. The van der Waals surface area contributed by atoms with E-state index in [1.165, 1.54) is 57.9 Å². The summed E-state index contributed by atoms with van der Waals surface area (Å²) in [5.41, 5.74) is 1.57. The Morgan fingerprint density at radius 3 is 1.52 bits per heavy atom. The lowest BCUT2D eigenvalue weighted by Crippen LogP contribution is -2.25. The molecule has 0 amide bonds. The lowest BCUT2D eigenvalue weighted by Gasteiger charge is -2.16. The molecule has 0 aliphatic heterocycles. The average molecular weight is 541 g/mol. The molecule has 0 aliphatic rings. The summed E-state index contributed by atoms with van der Waals surface area (Å²) in [6.07, 6.45) is 0. The fraction of sp³-hybridized carbons (Fsp3) is 0.103. The summed E-state index contributed by atoms with van der Waals surface area (Å²) < 4.78 is 2.45. The van der Waals surface area contributed by atoms with Gasteiger partial charge in [0.25, 0.3) is 11.1 Å². The average Bonchev–Trinajstić information content (AvgIpc) is 3.40. The zero-order valence-corrected chi connectivity index (χ0v) is 21.4. The van der Waals surface area contributed by atoms with Crippen LogP contribution in [-0.4, -0.2) is 46.8 Å². The summed E-state index contributed by atoms with van der Waals surface area (Å²) in [6, 6.07) is 17.9. The van der Waals surface area contributed by atoms with Crippen molar-refractivity contribution in [3.8, 4) is 17.1 Å². The summed E-state index contributed by atoms with van der Waals surface area (Å²) in [5, 5.41) is 34.7. The molecule has 0 aliphatic carbocycles. The van der Waals surface area contributed by atoms with Gasteiger partial charge in [0.15, 0.2) is 0 Å². The summed E-state index contributed by atoms with van der Waals surface area (Å²) in [6.45, 7) is 3.36. The Balaban J connectivity index is 1.74. The van der Waals surface area contributed by atoms with E-state index in [2.05, 4.69) is 10.2 Å². The second kappa shape index (κ2) is 9.95. The van der Waals surface area contributed by atoms with E-state index in [-0.39, 0.29) is 28.0 Å². The van der Waals surface area contributed by atoms with Crippen molar-refractivity contribution in [2.24, 2.45) is 0 Å². The van der Waals surface area contributed by atoms with Gasteiger partial charge in [-0.2, -0.15) is 0 Å². The van der Waals surface area contributed by atoms with Gasteiger partial charge in [0.1, 0.15) is 5.75 Å². The molecule has 11 heteroatoms. The van der Waals surface area contributed by atoms with Gasteiger partial charge >= 0.3 is 11.9 Å². The number of aromatic nitrogens is 4. The van der Waals surface area contributed by atoms with Crippen molar-refractivity contribution in [3.63, 3.8) is 0 Å². The van der Waals surface area contributed by atoms with Crippen molar-refractivity contribution in [2.45, 2.75) is 19.8 Å². The number of hydrogen-bond donors (Lipinski definition) is 5. The molecule has 5 rings (SSSR count). The first-order valence-electron chi connectivity index (χ1n) is 12.2. The third-order valence-corrected chi connectivity index (χ3v) is 6.74. The van der Waals surface area contributed by atoms with E-state index in [1.807, 2.05) is 0 Å². The van der Waals surface area contributed by atoms with Crippen molar-refractivity contribution < 1.29 is 24.9 Å². The van der Waals surface area contributed by atoms with Crippen LogP contribution in [0.1, 0.15) is 54.7 Å². The standard InChI is InChI=1S/C29H24N4O7/c1-15-23(26(35)32(30-15)20-7-3-5-18(13-20)28(37)38)25(17-9-11-22(34)12-10-17)24-16(2)31-33(27(24)36)21-8-4-6-19(14-21)29(39)40/h3-14,25,30-31,34H,1-2H3,(H,37,38)(H,39,40). The molecule has 5 N–H and O–H groups in total. The predicted molar refractivity (Wildman–Crippen MR) is 145 cm³/mol. The Kier molecular flexibility index (Phi) is 6.48. The molecule has 2 heterocycles. The Bertz CT molecular complexity index is 1770. The molecule has 11 nitrogen and oxygen atoms in total. The van der Waals surface area contributed by atoms with Gasteiger partial charge in [0.05, 0.1) is 33.6 Å². The fourth-order valence-corrected chi connectivity index (χ4v) is 4.86. The summed E-state index contributed by atoms with van der Waals surface area (Å²) in [4.78, 5) is 50.8. The Hall–Kier alpha value is -5.58. The minimum atomic E-state index is -1.14. The molecule has 0 spiro atoms. The van der Waals surface area contributed by atoms with E-state index in [4.69, 9.17) is 0 Å². The van der Waals surface area contributed by atoms with Gasteiger partial charge in [-0.3, -0.25) is 19.8 Å². The van der Waals surface area contributed by atoms with Crippen LogP contribution in [-0.2, 0) is 0 Å². The van der Waals surface area contributed by atoms with Gasteiger partial charge in [-0.15, -0.1) is 0 Å². The first-order chi connectivity index (χ1) is 19.1. The Labute approximate surface area is 226 Å². The number of carboxylic acids is 2. The summed E-state index contributed by atoms with van der Waals surface area (Å²) in [7, 11) is 0. The highest BCUT2D eigenvalue weighted by Gasteiger charge is 2.31. The first kappa shape index (κ1) is 26.0. The third-order valence-electron chi connectivity index (χ3n) is 6.74. The topological polar surface area (TPSA) is 170 Å². The van der Waals surface area contributed by atoms with Crippen molar-refractivity contribution >= 4 is 11.9 Å². The highest BCUT2D eigenvalue weighted by molar-refractivity contribution is 5.88. The number of hydrogen-bond acceptors (Lipinski definition) is 5. The van der Waals surface area contributed by atoms with Crippen LogP contribution in [0.2, 0.25) is 0 Å². The maximum absolute atomic E-state index is 13.9. The number of phenols is 1. The molecule has 0 atom stereocenters. The highest BCUT2D eigenvalue weighted by atomic mass is 16.4. The van der Waals surface area contributed by atoms with Crippen LogP contribution < -0.4 is 11.1 Å². The molecule has 0 bridgehead atoms. The van der Waals surface area contributed by atoms with Crippen LogP contribution >= 0.6 is 0 Å². The molecule has 3 aromatic carbocycles. The molecule has 0 fully saturated rings. The number of phenolic OH excluding ortho intramolecular Hbond substituents is 1. The molecular weight excluding hydrogens is 516 g/mol. The lowest BCUT2D eigenvalue weighted by molar-refractivity contribution is 0.0686. The van der Waals surface area contributed by atoms with Gasteiger partial charge in [0.2, 0.25) is 0 Å². The number of aryl methyl sites for hydroxylation is 2. The number of nitrogens with one attached hydrogen (secondary N) is 2.